The zero-order valence-corrected chi connectivity index (χ0v) is 15.7. The van der Waals surface area contributed by atoms with Crippen molar-refractivity contribution in [2.75, 3.05) is 0 Å². The number of rotatable bonds is 9. The molecular weight excluding hydrogens is 350 g/mol. The number of carboxylic acids is 1. The molecule has 28 heavy (non-hydrogen) atoms. The van der Waals surface area contributed by atoms with Gasteiger partial charge in [0.1, 0.15) is 6.04 Å². The van der Waals surface area contributed by atoms with Crippen molar-refractivity contribution in [3.8, 4) is 0 Å². The number of nitrogens with zero attached hydrogens (tertiary/aromatic N) is 1. The minimum absolute atomic E-state index is 0.290. The molecular formula is C24H25NO3. The second-order valence-electron chi connectivity index (χ2n) is 6.92. The van der Waals surface area contributed by atoms with Crippen LogP contribution in [-0.2, 0) is 24.3 Å². The summed E-state index contributed by atoms with van der Waals surface area (Å²) < 4.78 is 0. The van der Waals surface area contributed by atoms with Crippen molar-refractivity contribution in [2.45, 2.75) is 31.7 Å². The zero-order valence-electron chi connectivity index (χ0n) is 15.7. The van der Waals surface area contributed by atoms with Gasteiger partial charge in [-0.2, -0.15) is 0 Å². The molecule has 3 aromatic rings. The Morgan fingerprint density at radius 3 is 1.50 bits per heavy atom. The molecule has 4 heteroatoms. The van der Waals surface area contributed by atoms with E-state index < -0.39 is 18.1 Å². The highest BCUT2D eigenvalue weighted by atomic mass is 16.4. The number of carbonyl (C=O) groups is 1. The summed E-state index contributed by atoms with van der Waals surface area (Å²) in [5.41, 5.74) is 2.94. The Hall–Kier alpha value is -2.95. The van der Waals surface area contributed by atoms with Crippen molar-refractivity contribution in [3.05, 3.63) is 108 Å². The predicted molar refractivity (Wildman–Crippen MR) is 110 cm³/mol. The summed E-state index contributed by atoms with van der Waals surface area (Å²) in [6.07, 6.45) is -0.731. The first-order chi connectivity index (χ1) is 13.6. The fourth-order valence-electron chi connectivity index (χ4n) is 3.42. The molecule has 0 aliphatic carbocycles. The second kappa shape index (κ2) is 9.83. The number of aliphatic hydroxyl groups is 1. The van der Waals surface area contributed by atoms with Crippen molar-refractivity contribution in [1.82, 2.24) is 4.90 Å². The number of carboxylic acid groups (broad SMARTS) is 1. The van der Waals surface area contributed by atoms with Crippen LogP contribution in [0.15, 0.2) is 91.0 Å². The summed E-state index contributed by atoms with van der Waals surface area (Å²) in [5, 5.41) is 20.8. The van der Waals surface area contributed by atoms with Crippen molar-refractivity contribution >= 4 is 5.97 Å². The fraction of sp³-hybridized carbons (Fsp3) is 0.208. The third-order valence-corrected chi connectivity index (χ3v) is 4.76. The highest BCUT2D eigenvalue weighted by Gasteiger charge is 2.33. The van der Waals surface area contributed by atoms with Gasteiger partial charge in [-0.1, -0.05) is 91.0 Å². The predicted octanol–water partition coefficient (Wildman–Crippen LogP) is 3.75. The van der Waals surface area contributed by atoms with Gasteiger partial charge in [-0.25, -0.2) is 0 Å². The zero-order chi connectivity index (χ0) is 19.8. The van der Waals surface area contributed by atoms with E-state index in [2.05, 4.69) is 0 Å². The SMILES string of the molecule is O=C(O)[C@@H]([C@@H](O)Cc1ccccc1)N(Cc1ccccc1)Cc1ccccc1. The topological polar surface area (TPSA) is 60.8 Å². The van der Waals surface area contributed by atoms with Crippen molar-refractivity contribution in [2.24, 2.45) is 0 Å². The quantitative estimate of drug-likeness (QED) is 0.598. The Morgan fingerprint density at radius 1 is 0.714 bits per heavy atom. The van der Waals surface area contributed by atoms with Gasteiger partial charge in [0, 0.05) is 19.5 Å². The average molecular weight is 375 g/mol. The first kappa shape index (κ1) is 19.8. The maximum Gasteiger partial charge on any atom is 0.323 e. The molecule has 0 spiro atoms. The van der Waals surface area contributed by atoms with Gasteiger partial charge in [-0.15, -0.1) is 0 Å². The number of benzene rings is 3. The Balaban J connectivity index is 1.86. The average Bonchev–Trinajstić information content (AvgIpc) is 2.70. The molecule has 0 bridgehead atoms. The van der Waals surface area contributed by atoms with Gasteiger partial charge >= 0.3 is 5.97 Å². The van der Waals surface area contributed by atoms with Crippen LogP contribution < -0.4 is 0 Å². The molecule has 0 saturated heterocycles. The summed E-state index contributed by atoms with van der Waals surface area (Å²) in [6, 6.07) is 28.0. The minimum Gasteiger partial charge on any atom is -0.480 e. The van der Waals surface area contributed by atoms with E-state index in [0.29, 0.717) is 13.1 Å². The van der Waals surface area contributed by atoms with Crippen LogP contribution in [-0.4, -0.2) is 33.2 Å². The molecule has 0 heterocycles. The van der Waals surface area contributed by atoms with Gasteiger partial charge in [-0.05, 0) is 16.7 Å². The van der Waals surface area contributed by atoms with Gasteiger partial charge in [0.05, 0.1) is 6.10 Å². The van der Waals surface area contributed by atoms with E-state index in [9.17, 15) is 15.0 Å². The molecule has 144 valence electrons. The Bertz CT molecular complexity index is 811. The monoisotopic (exact) mass is 375 g/mol. The van der Waals surface area contributed by atoms with Gasteiger partial charge < -0.3 is 10.2 Å². The van der Waals surface area contributed by atoms with Crippen molar-refractivity contribution < 1.29 is 15.0 Å². The molecule has 0 amide bonds. The summed E-state index contributed by atoms with van der Waals surface area (Å²) in [4.78, 5) is 14.0. The minimum atomic E-state index is -1.02. The molecule has 0 fully saturated rings. The Kier molecular flexibility index (Phi) is 6.95. The Morgan fingerprint density at radius 2 is 1.11 bits per heavy atom. The molecule has 4 nitrogen and oxygen atoms in total. The lowest BCUT2D eigenvalue weighted by molar-refractivity contribution is -0.148. The largest absolute Gasteiger partial charge is 0.480 e. The molecule has 2 N–H and O–H groups in total. The summed E-state index contributed by atoms with van der Waals surface area (Å²) in [5.74, 6) is -1.02. The molecule has 3 rings (SSSR count). The molecule has 2 atom stereocenters. The molecule has 3 aromatic carbocycles. The van der Waals surface area contributed by atoms with E-state index in [1.54, 1.807) is 0 Å². The maximum atomic E-state index is 12.2. The number of hydrogen-bond donors (Lipinski definition) is 2. The Labute approximate surface area is 165 Å². The highest BCUT2D eigenvalue weighted by Crippen LogP contribution is 2.18. The van der Waals surface area contributed by atoms with E-state index in [4.69, 9.17) is 0 Å². The van der Waals surface area contributed by atoms with Crippen LogP contribution in [0.25, 0.3) is 0 Å². The third-order valence-electron chi connectivity index (χ3n) is 4.76. The van der Waals surface area contributed by atoms with Crippen LogP contribution in [0.4, 0.5) is 0 Å². The maximum absolute atomic E-state index is 12.2. The molecule has 0 radical (unpaired) electrons. The lowest BCUT2D eigenvalue weighted by Gasteiger charge is -2.32. The van der Waals surface area contributed by atoms with Crippen LogP contribution in [0.3, 0.4) is 0 Å². The number of aliphatic hydroxyl groups excluding tert-OH is 1. The van der Waals surface area contributed by atoms with E-state index in [-0.39, 0.29) is 6.42 Å². The van der Waals surface area contributed by atoms with E-state index in [1.165, 1.54) is 0 Å². The van der Waals surface area contributed by atoms with Gasteiger partial charge in [-0.3, -0.25) is 9.69 Å². The summed E-state index contributed by atoms with van der Waals surface area (Å²) in [7, 11) is 0. The van der Waals surface area contributed by atoms with E-state index >= 15 is 0 Å². The lowest BCUT2D eigenvalue weighted by atomic mass is 9.99. The standard InChI is InChI=1S/C24H25NO3/c26-22(16-19-10-4-1-5-11-19)23(24(27)28)25(17-20-12-6-2-7-13-20)18-21-14-8-3-9-15-21/h1-15,22-23,26H,16-18H2,(H,27,28)/t22-,23+/m0/s1. The molecule has 0 aliphatic heterocycles. The number of aliphatic carboxylic acids is 1. The first-order valence-electron chi connectivity index (χ1n) is 9.40. The fourth-order valence-corrected chi connectivity index (χ4v) is 3.42. The van der Waals surface area contributed by atoms with E-state index in [1.807, 2.05) is 95.9 Å². The van der Waals surface area contributed by atoms with Crippen LogP contribution in [0, 0.1) is 0 Å². The third kappa shape index (κ3) is 5.52. The molecule has 0 aromatic heterocycles. The molecule has 0 saturated carbocycles. The lowest BCUT2D eigenvalue weighted by Crippen LogP contribution is -2.49. The number of hydrogen-bond acceptors (Lipinski definition) is 3. The normalized spacial score (nSPS) is 13.2. The first-order valence-corrected chi connectivity index (χ1v) is 9.40. The van der Waals surface area contributed by atoms with Crippen LogP contribution in [0.2, 0.25) is 0 Å². The van der Waals surface area contributed by atoms with Crippen molar-refractivity contribution in [3.63, 3.8) is 0 Å². The van der Waals surface area contributed by atoms with Crippen LogP contribution in [0.5, 0.6) is 0 Å². The summed E-state index contributed by atoms with van der Waals surface area (Å²) in [6.45, 7) is 0.886. The molecule has 0 unspecified atom stereocenters. The highest BCUT2D eigenvalue weighted by molar-refractivity contribution is 5.74. The smallest absolute Gasteiger partial charge is 0.323 e. The van der Waals surface area contributed by atoms with Crippen LogP contribution in [0.1, 0.15) is 16.7 Å². The molecule has 0 aliphatic rings. The van der Waals surface area contributed by atoms with Gasteiger partial charge in [0.2, 0.25) is 0 Å². The van der Waals surface area contributed by atoms with Gasteiger partial charge in [0.25, 0.3) is 0 Å². The van der Waals surface area contributed by atoms with Gasteiger partial charge in [0.15, 0.2) is 0 Å². The van der Waals surface area contributed by atoms with Crippen LogP contribution >= 0.6 is 0 Å². The summed E-state index contributed by atoms with van der Waals surface area (Å²) >= 11 is 0. The second-order valence-corrected chi connectivity index (χ2v) is 6.92. The van der Waals surface area contributed by atoms with E-state index in [0.717, 1.165) is 16.7 Å². The van der Waals surface area contributed by atoms with Crippen molar-refractivity contribution in [1.29, 1.82) is 0 Å².